The Morgan fingerprint density at radius 2 is 1.90 bits per heavy atom. The molecule has 0 saturated heterocycles. The van der Waals surface area contributed by atoms with Crippen LogP contribution in [0, 0.1) is 0 Å². The quantitative estimate of drug-likeness (QED) is 0.235. The Morgan fingerprint density at radius 1 is 1.17 bits per heavy atom. The fraction of sp³-hybridized carbons (Fsp3) is 0.440. The molecule has 0 heterocycles. The number of benzene rings is 1. The van der Waals surface area contributed by atoms with Gasteiger partial charge in [-0.2, -0.15) is 0 Å². The summed E-state index contributed by atoms with van der Waals surface area (Å²) in [5.74, 6) is 1.53. The van der Waals surface area contributed by atoms with Crippen molar-refractivity contribution < 1.29 is 19.0 Å². The van der Waals surface area contributed by atoms with Gasteiger partial charge < -0.3 is 14.6 Å². The third-order valence-electron chi connectivity index (χ3n) is 4.47. The van der Waals surface area contributed by atoms with Gasteiger partial charge in [0.05, 0.1) is 26.1 Å². The third-order valence-corrected chi connectivity index (χ3v) is 4.47. The zero-order valence-electron chi connectivity index (χ0n) is 18.2. The van der Waals surface area contributed by atoms with Crippen molar-refractivity contribution in [3.05, 3.63) is 71.0 Å². The summed E-state index contributed by atoms with van der Waals surface area (Å²) in [5, 5.41) is 9.52. The lowest BCUT2D eigenvalue weighted by Gasteiger charge is -2.09. The second-order valence-corrected chi connectivity index (χ2v) is 6.76. The first-order chi connectivity index (χ1) is 14.1. The van der Waals surface area contributed by atoms with Crippen molar-refractivity contribution in [2.24, 2.45) is 0 Å². The lowest BCUT2D eigenvalue weighted by Crippen LogP contribution is -1.99. The highest BCUT2D eigenvalue weighted by atomic mass is 19.1. The van der Waals surface area contributed by atoms with Gasteiger partial charge in [0.15, 0.2) is 0 Å². The van der Waals surface area contributed by atoms with Crippen LogP contribution in [-0.2, 0) is 4.74 Å². The van der Waals surface area contributed by atoms with Crippen molar-refractivity contribution in [3.8, 4) is 5.75 Å². The Morgan fingerprint density at radius 3 is 2.45 bits per heavy atom. The third kappa shape index (κ3) is 9.14. The maximum Gasteiger partial charge on any atom is 0.118 e. The van der Waals surface area contributed by atoms with E-state index in [1.165, 1.54) is 5.57 Å². The normalized spacial score (nSPS) is 13.6. The molecule has 1 aromatic carbocycles. The molecule has 0 atom stereocenters. The zero-order valence-corrected chi connectivity index (χ0v) is 18.2. The van der Waals surface area contributed by atoms with E-state index in [9.17, 15) is 9.50 Å². The minimum Gasteiger partial charge on any atom is -0.498 e. The molecule has 3 nitrogen and oxygen atoms in total. The summed E-state index contributed by atoms with van der Waals surface area (Å²) in [6.45, 7) is 5.77. The minimum atomic E-state index is -0.534. The van der Waals surface area contributed by atoms with Crippen LogP contribution in [0.4, 0.5) is 4.39 Å². The lowest BCUT2D eigenvalue weighted by molar-refractivity contribution is 0.219. The van der Waals surface area contributed by atoms with Gasteiger partial charge in [-0.1, -0.05) is 50.6 Å². The summed E-state index contributed by atoms with van der Waals surface area (Å²) >= 11 is 0. The second kappa shape index (κ2) is 14.6. The first kappa shape index (κ1) is 24.7. The van der Waals surface area contributed by atoms with E-state index in [-0.39, 0.29) is 6.61 Å². The standard InChI is InChI=1S/C25H35FO3/c1-5-9-21(22-12-14-25(28-4)15-13-22)11-7-8-16-29-20(3)17-24(19-27)23(18-26)10-6-2/h7,9,11-15,17,27H,5-6,8,10,16,18-19H2,1-4H3/b11-7-,20-17+,21-9+,24-23+. The van der Waals surface area contributed by atoms with Gasteiger partial charge in [-0.3, -0.25) is 0 Å². The van der Waals surface area contributed by atoms with Gasteiger partial charge in [-0.05, 0) is 66.7 Å². The fourth-order valence-electron chi connectivity index (χ4n) is 2.95. The highest BCUT2D eigenvalue weighted by Crippen LogP contribution is 2.21. The monoisotopic (exact) mass is 402 g/mol. The Kier molecular flexibility index (Phi) is 12.5. The van der Waals surface area contributed by atoms with Gasteiger partial charge in [-0.15, -0.1) is 0 Å². The van der Waals surface area contributed by atoms with Crippen LogP contribution in [0.1, 0.15) is 52.0 Å². The number of hydrogen-bond acceptors (Lipinski definition) is 3. The van der Waals surface area contributed by atoms with Crippen LogP contribution in [0.3, 0.4) is 0 Å². The largest absolute Gasteiger partial charge is 0.498 e. The van der Waals surface area contributed by atoms with E-state index < -0.39 is 6.67 Å². The number of aliphatic hydroxyl groups is 1. The van der Waals surface area contributed by atoms with Gasteiger partial charge in [0.2, 0.25) is 0 Å². The molecule has 4 heteroatoms. The van der Waals surface area contributed by atoms with Crippen molar-refractivity contribution in [3.63, 3.8) is 0 Å². The number of hydrogen-bond donors (Lipinski definition) is 1. The van der Waals surface area contributed by atoms with Gasteiger partial charge in [0.1, 0.15) is 12.4 Å². The van der Waals surface area contributed by atoms with E-state index in [4.69, 9.17) is 9.47 Å². The number of allylic oxidation sites excluding steroid dienone is 5. The zero-order chi connectivity index (χ0) is 21.5. The van der Waals surface area contributed by atoms with Crippen molar-refractivity contribution in [1.82, 2.24) is 0 Å². The predicted molar refractivity (Wildman–Crippen MR) is 120 cm³/mol. The molecule has 1 rings (SSSR count). The molecule has 1 aromatic rings. The van der Waals surface area contributed by atoms with Crippen molar-refractivity contribution in [2.75, 3.05) is 27.0 Å². The number of rotatable bonds is 13. The summed E-state index contributed by atoms with van der Waals surface area (Å²) in [7, 11) is 1.66. The van der Waals surface area contributed by atoms with Crippen LogP contribution in [0.25, 0.3) is 5.57 Å². The van der Waals surface area contributed by atoms with E-state index in [1.807, 2.05) is 26.0 Å². The molecule has 0 aliphatic carbocycles. The SMILES string of the molecule is CC/C=C(\C=C/CCO/C(C)=C/C(CO)=C(\CF)CCC)c1ccc(OC)cc1. The van der Waals surface area contributed by atoms with Gasteiger partial charge in [0.25, 0.3) is 0 Å². The maximum atomic E-state index is 13.1. The van der Waals surface area contributed by atoms with Crippen LogP contribution in [-0.4, -0.2) is 32.1 Å². The van der Waals surface area contributed by atoms with Crippen LogP contribution in [0.2, 0.25) is 0 Å². The van der Waals surface area contributed by atoms with Gasteiger partial charge in [0, 0.05) is 0 Å². The highest BCUT2D eigenvalue weighted by Gasteiger charge is 2.04. The molecule has 0 bridgehead atoms. The Balaban J connectivity index is 2.65. The first-order valence-electron chi connectivity index (χ1n) is 10.3. The summed E-state index contributed by atoms with van der Waals surface area (Å²) in [6.07, 6.45) is 11.3. The highest BCUT2D eigenvalue weighted by molar-refractivity contribution is 5.74. The van der Waals surface area contributed by atoms with Crippen LogP contribution >= 0.6 is 0 Å². The van der Waals surface area contributed by atoms with Gasteiger partial charge >= 0.3 is 0 Å². The number of alkyl halides is 1. The molecule has 0 spiro atoms. The van der Waals surface area contributed by atoms with Gasteiger partial charge in [-0.25, -0.2) is 4.39 Å². The smallest absolute Gasteiger partial charge is 0.118 e. The van der Waals surface area contributed by atoms with E-state index in [2.05, 4.69) is 37.3 Å². The Hall–Kier alpha value is -2.33. The molecular weight excluding hydrogens is 367 g/mol. The number of methoxy groups -OCH3 is 1. The number of halogens is 1. The molecule has 0 amide bonds. The van der Waals surface area contributed by atoms with Crippen molar-refractivity contribution in [2.45, 2.75) is 46.5 Å². The molecule has 1 N–H and O–H groups in total. The Bertz CT molecular complexity index is 712. The summed E-state index contributed by atoms with van der Waals surface area (Å²) in [6, 6.07) is 8.02. The lowest BCUT2D eigenvalue weighted by atomic mass is 10.0. The van der Waals surface area contributed by atoms with Crippen LogP contribution < -0.4 is 4.74 Å². The summed E-state index contributed by atoms with van der Waals surface area (Å²) < 4.78 is 24.1. The molecule has 160 valence electrons. The molecule has 0 aromatic heterocycles. The summed E-state index contributed by atoms with van der Waals surface area (Å²) in [4.78, 5) is 0. The maximum absolute atomic E-state index is 13.1. The average molecular weight is 403 g/mol. The van der Waals surface area contributed by atoms with E-state index in [0.29, 0.717) is 29.9 Å². The number of ether oxygens (including phenoxy) is 2. The number of aliphatic hydroxyl groups excluding tert-OH is 1. The Labute approximate surface area is 175 Å². The van der Waals surface area contributed by atoms with Crippen molar-refractivity contribution in [1.29, 1.82) is 0 Å². The minimum absolute atomic E-state index is 0.174. The summed E-state index contributed by atoms with van der Waals surface area (Å²) in [5.41, 5.74) is 3.58. The molecule has 29 heavy (non-hydrogen) atoms. The van der Waals surface area contributed by atoms with Crippen LogP contribution in [0.5, 0.6) is 5.75 Å². The average Bonchev–Trinajstić information content (AvgIpc) is 2.75. The topological polar surface area (TPSA) is 38.7 Å². The molecule has 0 radical (unpaired) electrons. The van der Waals surface area contributed by atoms with E-state index >= 15 is 0 Å². The van der Waals surface area contributed by atoms with Crippen LogP contribution in [0.15, 0.2) is 65.5 Å². The van der Waals surface area contributed by atoms with E-state index in [0.717, 1.165) is 30.6 Å². The second-order valence-electron chi connectivity index (χ2n) is 6.76. The van der Waals surface area contributed by atoms with Crippen molar-refractivity contribution >= 4 is 5.57 Å². The predicted octanol–water partition coefficient (Wildman–Crippen LogP) is 6.41. The molecule has 0 aliphatic heterocycles. The fourth-order valence-corrected chi connectivity index (χ4v) is 2.95. The first-order valence-corrected chi connectivity index (χ1v) is 10.3. The molecule has 0 aliphatic rings. The molecule has 0 fully saturated rings. The van der Waals surface area contributed by atoms with E-state index in [1.54, 1.807) is 13.2 Å². The molecular formula is C25H35FO3. The molecule has 0 unspecified atom stereocenters. The molecule has 0 saturated carbocycles.